The fraction of sp³-hybridized carbons (Fsp3) is 0.500. The molecule has 5 nitrogen and oxygen atoms in total. The first-order valence-corrected chi connectivity index (χ1v) is 7.23. The predicted molar refractivity (Wildman–Crippen MR) is 81.7 cm³/mol. The van der Waals surface area contributed by atoms with Crippen molar-refractivity contribution in [2.24, 2.45) is 5.92 Å². The van der Waals surface area contributed by atoms with E-state index >= 15 is 0 Å². The first-order valence-electron chi connectivity index (χ1n) is 7.23. The highest BCUT2D eigenvalue weighted by Crippen LogP contribution is 2.10. The molecule has 1 unspecified atom stereocenters. The quantitative estimate of drug-likeness (QED) is 0.757. The highest BCUT2D eigenvalue weighted by Gasteiger charge is 2.23. The minimum Gasteiger partial charge on any atom is -0.340 e. The molecule has 0 saturated heterocycles. The highest BCUT2D eigenvalue weighted by atomic mass is 16.6. The molecule has 0 saturated carbocycles. The van der Waals surface area contributed by atoms with Crippen molar-refractivity contribution in [2.75, 3.05) is 6.61 Å². The summed E-state index contributed by atoms with van der Waals surface area (Å²) in [5.41, 5.74) is 3.81. The molecule has 0 aromatic heterocycles. The molecule has 116 valence electrons. The molecule has 5 heteroatoms. The van der Waals surface area contributed by atoms with Crippen molar-refractivity contribution in [3.63, 3.8) is 0 Å². The van der Waals surface area contributed by atoms with E-state index in [0.29, 0.717) is 18.6 Å². The van der Waals surface area contributed by atoms with Crippen molar-refractivity contribution in [2.45, 2.75) is 40.2 Å². The molecule has 1 aromatic carbocycles. The van der Waals surface area contributed by atoms with Gasteiger partial charge in [-0.25, -0.2) is 5.48 Å². The number of benzene rings is 1. The Morgan fingerprint density at radius 3 is 2.48 bits per heavy atom. The summed E-state index contributed by atoms with van der Waals surface area (Å²) in [5.74, 6) is -0.294. The predicted octanol–water partition coefficient (Wildman–Crippen LogP) is 2.21. The van der Waals surface area contributed by atoms with Crippen LogP contribution in [0.2, 0.25) is 0 Å². The Hall–Kier alpha value is -1.88. The number of amides is 2. The standard InChI is InChI=1S/C16H24N2O3/c1-5-21-18-16(20)14(10-11(2)3)17-15(19)13-9-7-6-8-12(13)4/h6-9,11,14H,5,10H2,1-4H3,(H,17,19)(H,18,20). The maximum Gasteiger partial charge on any atom is 0.266 e. The molecule has 0 radical (unpaired) electrons. The van der Waals surface area contributed by atoms with Gasteiger partial charge in [0.25, 0.3) is 11.8 Å². The van der Waals surface area contributed by atoms with Crippen LogP contribution in [0.5, 0.6) is 0 Å². The van der Waals surface area contributed by atoms with E-state index in [1.54, 1.807) is 19.1 Å². The normalized spacial score (nSPS) is 12.0. The third kappa shape index (κ3) is 5.55. The lowest BCUT2D eigenvalue weighted by Crippen LogP contribution is -2.47. The SMILES string of the molecule is CCONC(=O)C(CC(C)C)NC(=O)c1ccccc1C. The molecule has 0 fully saturated rings. The van der Waals surface area contributed by atoms with Crippen molar-refractivity contribution >= 4 is 11.8 Å². The average molecular weight is 292 g/mol. The second-order valence-electron chi connectivity index (χ2n) is 5.37. The van der Waals surface area contributed by atoms with Gasteiger partial charge < -0.3 is 5.32 Å². The number of hydrogen-bond donors (Lipinski definition) is 2. The molecule has 1 atom stereocenters. The summed E-state index contributed by atoms with van der Waals surface area (Å²) in [7, 11) is 0. The lowest BCUT2D eigenvalue weighted by molar-refractivity contribution is -0.135. The van der Waals surface area contributed by atoms with Crippen molar-refractivity contribution in [1.29, 1.82) is 0 Å². The number of carbonyl (C=O) groups excluding carboxylic acids is 2. The first-order chi connectivity index (χ1) is 9.95. The Kier molecular flexibility index (Phi) is 6.88. The second kappa shape index (κ2) is 8.42. The topological polar surface area (TPSA) is 67.4 Å². The van der Waals surface area contributed by atoms with E-state index in [1.165, 1.54) is 0 Å². The van der Waals surface area contributed by atoms with Gasteiger partial charge in [-0.2, -0.15) is 0 Å². The van der Waals surface area contributed by atoms with E-state index in [-0.39, 0.29) is 17.7 Å². The molecule has 0 aliphatic heterocycles. The molecule has 0 heterocycles. The highest BCUT2D eigenvalue weighted by molar-refractivity contribution is 5.98. The van der Waals surface area contributed by atoms with E-state index in [2.05, 4.69) is 10.8 Å². The van der Waals surface area contributed by atoms with Crippen LogP contribution in [0.1, 0.15) is 43.1 Å². The average Bonchev–Trinajstić information content (AvgIpc) is 2.43. The third-order valence-electron chi connectivity index (χ3n) is 3.04. The van der Waals surface area contributed by atoms with Gasteiger partial charge in [0.1, 0.15) is 6.04 Å². The van der Waals surface area contributed by atoms with Gasteiger partial charge in [0.05, 0.1) is 6.61 Å². The second-order valence-corrected chi connectivity index (χ2v) is 5.37. The maximum atomic E-state index is 12.3. The van der Waals surface area contributed by atoms with E-state index in [0.717, 1.165) is 5.56 Å². The fourth-order valence-electron chi connectivity index (χ4n) is 1.98. The lowest BCUT2D eigenvalue weighted by atomic mass is 10.0. The van der Waals surface area contributed by atoms with Crippen LogP contribution >= 0.6 is 0 Å². The zero-order valence-electron chi connectivity index (χ0n) is 13.1. The zero-order valence-corrected chi connectivity index (χ0v) is 13.1. The molecule has 2 N–H and O–H groups in total. The Morgan fingerprint density at radius 1 is 1.24 bits per heavy atom. The van der Waals surface area contributed by atoms with E-state index in [9.17, 15) is 9.59 Å². The molecule has 0 spiro atoms. The number of carbonyl (C=O) groups is 2. The maximum absolute atomic E-state index is 12.3. The number of hydrogen-bond acceptors (Lipinski definition) is 3. The summed E-state index contributed by atoms with van der Waals surface area (Å²) in [6.45, 7) is 8.03. The molecule has 21 heavy (non-hydrogen) atoms. The zero-order chi connectivity index (χ0) is 15.8. The Balaban J connectivity index is 2.78. The van der Waals surface area contributed by atoms with Gasteiger partial charge in [0.15, 0.2) is 0 Å². The molecule has 2 amide bonds. The van der Waals surface area contributed by atoms with Crippen molar-refractivity contribution in [3.05, 3.63) is 35.4 Å². The van der Waals surface area contributed by atoms with Gasteiger partial charge in [-0.3, -0.25) is 14.4 Å². The van der Waals surface area contributed by atoms with Gasteiger partial charge in [-0.05, 0) is 37.8 Å². The molecular weight excluding hydrogens is 268 g/mol. The molecule has 1 rings (SSSR count). The van der Waals surface area contributed by atoms with E-state index in [4.69, 9.17) is 4.84 Å². The first kappa shape index (κ1) is 17.2. The smallest absolute Gasteiger partial charge is 0.266 e. The lowest BCUT2D eigenvalue weighted by Gasteiger charge is -2.20. The molecule has 1 aromatic rings. The molecule has 0 bridgehead atoms. The summed E-state index contributed by atoms with van der Waals surface area (Å²) in [6, 6.07) is 6.69. The number of rotatable bonds is 7. The largest absolute Gasteiger partial charge is 0.340 e. The van der Waals surface area contributed by atoms with Crippen molar-refractivity contribution in [1.82, 2.24) is 10.8 Å². The van der Waals surface area contributed by atoms with Crippen LogP contribution in [0.3, 0.4) is 0 Å². The van der Waals surface area contributed by atoms with Crippen LogP contribution in [0.25, 0.3) is 0 Å². The van der Waals surface area contributed by atoms with E-state index < -0.39 is 6.04 Å². The third-order valence-corrected chi connectivity index (χ3v) is 3.04. The summed E-state index contributed by atoms with van der Waals surface area (Å²) in [6.07, 6.45) is 0.552. The van der Waals surface area contributed by atoms with Gasteiger partial charge in [0, 0.05) is 5.56 Å². The Morgan fingerprint density at radius 2 is 1.90 bits per heavy atom. The fourth-order valence-corrected chi connectivity index (χ4v) is 1.98. The summed E-state index contributed by atoms with van der Waals surface area (Å²) in [5, 5.41) is 2.78. The van der Waals surface area contributed by atoms with Crippen LogP contribution in [-0.4, -0.2) is 24.5 Å². The van der Waals surface area contributed by atoms with Crippen LogP contribution in [0, 0.1) is 12.8 Å². The van der Waals surface area contributed by atoms with Gasteiger partial charge in [-0.15, -0.1) is 0 Å². The Bertz CT molecular complexity index is 486. The Labute approximate surface area is 126 Å². The van der Waals surface area contributed by atoms with Crippen molar-refractivity contribution in [3.8, 4) is 0 Å². The van der Waals surface area contributed by atoms with Gasteiger partial charge >= 0.3 is 0 Å². The van der Waals surface area contributed by atoms with E-state index in [1.807, 2.05) is 32.9 Å². The van der Waals surface area contributed by atoms with Crippen molar-refractivity contribution < 1.29 is 14.4 Å². The number of hydroxylamine groups is 1. The minimum atomic E-state index is -0.608. The van der Waals surface area contributed by atoms with Crippen LogP contribution in [0.15, 0.2) is 24.3 Å². The molecular formula is C16H24N2O3. The van der Waals surface area contributed by atoms with Gasteiger partial charge in [0.2, 0.25) is 0 Å². The summed E-state index contributed by atoms with van der Waals surface area (Å²) in [4.78, 5) is 29.3. The molecule has 0 aliphatic rings. The van der Waals surface area contributed by atoms with Gasteiger partial charge in [-0.1, -0.05) is 32.0 Å². The number of nitrogens with one attached hydrogen (secondary N) is 2. The minimum absolute atomic E-state index is 0.245. The summed E-state index contributed by atoms with van der Waals surface area (Å²) >= 11 is 0. The molecule has 0 aliphatic carbocycles. The number of aryl methyl sites for hydroxylation is 1. The monoisotopic (exact) mass is 292 g/mol. The summed E-state index contributed by atoms with van der Waals surface area (Å²) < 4.78 is 0. The van der Waals surface area contributed by atoms with Crippen LogP contribution in [0.4, 0.5) is 0 Å². The van der Waals surface area contributed by atoms with Crippen LogP contribution < -0.4 is 10.8 Å². The van der Waals surface area contributed by atoms with Crippen LogP contribution in [-0.2, 0) is 9.63 Å².